The first kappa shape index (κ1) is 17.0. The molecular weight excluding hydrogens is 292 g/mol. The Hall–Kier alpha value is -2.40. The fourth-order valence-electron chi connectivity index (χ4n) is 2.24. The number of likely N-dealkylation sites (N-methyl/N-ethyl adjacent to an activating group) is 1. The number of hydrogen-bond donors (Lipinski definition) is 2. The molecule has 5 heteroatoms. The highest BCUT2D eigenvalue weighted by Crippen LogP contribution is 2.19. The molecule has 0 fully saturated rings. The second-order valence-electron chi connectivity index (χ2n) is 5.32. The van der Waals surface area contributed by atoms with Crippen LogP contribution in [0.5, 0.6) is 11.5 Å². The lowest BCUT2D eigenvalue weighted by Crippen LogP contribution is -2.33. The van der Waals surface area contributed by atoms with Gasteiger partial charge in [-0.25, -0.2) is 0 Å². The topological polar surface area (TPSA) is 54.0 Å². The lowest BCUT2D eigenvalue weighted by atomic mass is 10.2. The van der Waals surface area contributed by atoms with Crippen molar-refractivity contribution < 1.29 is 14.6 Å². The Morgan fingerprint density at radius 3 is 2.52 bits per heavy atom. The van der Waals surface area contributed by atoms with Crippen LogP contribution in [0.1, 0.15) is 0 Å². The van der Waals surface area contributed by atoms with Crippen LogP contribution in [0.3, 0.4) is 0 Å². The summed E-state index contributed by atoms with van der Waals surface area (Å²) in [6, 6.07) is 15.4. The summed E-state index contributed by atoms with van der Waals surface area (Å²) in [7, 11) is 5.44. The average Bonchev–Trinajstić information content (AvgIpc) is 2.60. The van der Waals surface area contributed by atoms with Gasteiger partial charge in [-0.1, -0.05) is 6.07 Å². The number of methoxy groups -OCH3 is 1. The Morgan fingerprint density at radius 1 is 1.13 bits per heavy atom. The van der Waals surface area contributed by atoms with Crippen molar-refractivity contribution in [1.29, 1.82) is 0 Å². The number of nitrogens with zero attached hydrogens (tertiary/aromatic N) is 1. The third kappa shape index (κ3) is 5.07. The van der Waals surface area contributed by atoms with Crippen LogP contribution in [0, 0.1) is 0 Å². The van der Waals surface area contributed by atoms with Crippen molar-refractivity contribution >= 4 is 11.4 Å². The average molecular weight is 316 g/mol. The third-order valence-electron chi connectivity index (χ3n) is 3.56. The van der Waals surface area contributed by atoms with E-state index in [4.69, 9.17) is 9.47 Å². The maximum atomic E-state index is 10.2. The quantitative estimate of drug-likeness (QED) is 0.784. The number of anilines is 2. The van der Waals surface area contributed by atoms with Gasteiger partial charge in [0, 0.05) is 38.1 Å². The van der Waals surface area contributed by atoms with E-state index in [0.29, 0.717) is 6.54 Å². The number of aliphatic hydroxyl groups excluding tert-OH is 1. The van der Waals surface area contributed by atoms with Gasteiger partial charge in [0.1, 0.15) is 24.2 Å². The Bertz CT molecular complexity index is 601. The summed E-state index contributed by atoms with van der Waals surface area (Å²) in [5, 5.41) is 13.2. The van der Waals surface area contributed by atoms with E-state index in [2.05, 4.69) is 5.32 Å². The zero-order valence-corrected chi connectivity index (χ0v) is 13.8. The molecule has 2 aromatic carbocycles. The number of nitrogens with one attached hydrogen (secondary N) is 1. The minimum Gasteiger partial charge on any atom is -0.497 e. The van der Waals surface area contributed by atoms with Gasteiger partial charge >= 0.3 is 0 Å². The molecule has 0 aliphatic carbocycles. The molecule has 0 saturated heterocycles. The predicted molar refractivity (Wildman–Crippen MR) is 93.8 cm³/mol. The third-order valence-corrected chi connectivity index (χ3v) is 3.56. The van der Waals surface area contributed by atoms with Crippen LogP contribution >= 0.6 is 0 Å². The molecule has 0 amide bonds. The van der Waals surface area contributed by atoms with Crippen molar-refractivity contribution in [3.05, 3.63) is 48.5 Å². The molecule has 0 heterocycles. The molecule has 0 radical (unpaired) electrons. The van der Waals surface area contributed by atoms with Gasteiger partial charge in [-0.2, -0.15) is 0 Å². The van der Waals surface area contributed by atoms with E-state index in [1.165, 1.54) is 0 Å². The van der Waals surface area contributed by atoms with Gasteiger partial charge in [0.2, 0.25) is 0 Å². The largest absolute Gasteiger partial charge is 0.497 e. The molecule has 2 aromatic rings. The van der Waals surface area contributed by atoms with Gasteiger partial charge in [-0.15, -0.1) is 0 Å². The van der Waals surface area contributed by atoms with E-state index < -0.39 is 6.10 Å². The SMILES string of the molecule is CNc1cccc(OCC(O)CN(C)c2ccc(OC)cc2)c1. The minimum atomic E-state index is -0.583. The van der Waals surface area contributed by atoms with Crippen LogP contribution < -0.4 is 19.7 Å². The van der Waals surface area contributed by atoms with E-state index in [-0.39, 0.29) is 6.61 Å². The standard InChI is InChI=1S/C18H24N2O3/c1-19-14-5-4-6-18(11-14)23-13-16(21)12-20(2)15-7-9-17(22-3)10-8-15/h4-11,16,19,21H,12-13H2,1-3H3. The Kier molecular flexibility index (Phi) is 6.11. The van der Waals surface area contributed by atoms with E-state index >= 15 is 0 Å². The Morgan fingerprint density at radius 2 is 1.87 bits per heavy atom. The molecule has 23 heavy (non-hydrogen) atoms. The van der Waals surface area contributed by atoms with Crippen LogP contribution in [0.15, 0.2) is 48.5 Å². The van der Waals surface area contributed by atoms with E-state index in [1.54, 1.807) is 7.11 Å². The first-order chi connectivity index (χ1) is 11.1. The first-order valence-electron chi connectivity index (χ1n) is 7.56. The predicted octanol–water partition coefficient (Wildman–Crippen LogP) is 2.61. The van der Waals surface area contributed by atoms with Crippen molar-refractivity contribution in [2.75, 3.05) is 44.6 Å². The van der Waals surface area contributed by atoms with Gasteiger partial charge in [0.25, 0.3) is 0 Å². The lowest BCUT2D eigenvalue weighted by molar-refractivity contribution is 0.113. The highest BCUT2D eigenvalue weighted by atomic mass is 16.5. The van der Waals surface area contributed by atoms with Crippen molar-refractivity contribution in [2.24, 2.45) is 0 Å². The number of aliphatic hydroxyl groups is 1. The summed E-state index contributed by atoms with van der Waals surface area (Å²) in [6.07, 6.45) is -0.583. The minimum absolute atomic E-state index is 0.244. The second-order valence-corrected chi connectivity index (χ2v) is 5.32. The van der Waals surface area contributed by atoms with E-state index in [0.717, 1.165) is 22.9 Å². The van der Waals surface area contributed by atoms with Crippen molar-refractivity contribution in [3.63, 3.8) is 0 Å². The summed E-state index contributed by atoms with van der Waals surface area (Å²) >= 11 is 0. The van der Waals surface area contributed by atoms with Crippen molar-refractivity contribution in [2.45, 2.75) is 6.10 Å². The van der Waals surface area contributed by atoms with E-state index in [9.17, 15) is 5.11 Å². The Balaban J connectivity index is 1.84. The van der Waals surface area contributed by atoms with Crippen LogP contribution in [0.2, 0.25) is 0 Å². The molecule has 124 valence electrons. The molecule has 5 nitrogen and oxygen atoms in total. The van der Waals surface area contributed by atoms with Gasteiger partial charge in [0.15, 0.2) is 0 Å². The van der Waals surface area contributed by atoms with Gasteiger partial charge in [-0.3, -0.25) is 0 Å². The van der Waals surface area contributed by atoms with Gasteiger partial charge in [0.05, 0.1) is 7.11 Å². The molecule has 0 aliphatic heterocycles. The Labute approximate surface area is 137 Å². The molecule has 2 N–H and O–H groups in total. The molecule has 0 saturated carbocycles. The van der Waals surface area contributed by atoms with E-state index in [1.807, 2.05) is 67.5 Å². The van der Waals surface area contributed by atoms with Gasteiger partial charge < -0.3 is 24.8 Å². The molecule has 0 spiro atoms. The number of ether oxygens (including phenoxy) is 2. The summed E-state index contributed by atoms with van der Waals surface area (Å²) in [5.74, 6) is 1.55. The van der Waals surface area contributed by atoms with Crippen LogP contribution in [0.25, 0.3) is 0 Å². The number of benzene rings is 2. The summed E-state index contributed by atoms with van der Waals surface area (Å²) in [6.45, 7) is 0.728. The molecular formula is C18H24N2O3. The molecule has 2 rings (SSSR count). The van der Waals surface area contributed by atoms with Crippen molar-refractivity contribution in [1.82, 2.24) is 0 Å². The van der Waals surface area contributed by atoms with Crippen LogP contribution in [-0.4, -0.2) is 45.6 Å². The molecule has 0 bridgehead atoms. The zero-order valence-electron chi connectivity index (χ0n) is 13.8. The monoisotopic (exact) mass is 316 g/mol. The highest BCUT2D eigenvalue weighted by Gasteiger charge is 2.10. The second kappa shape index (κ2) is 8.29. The van der Waals surface area contributed by atoms with Crippen LogP contribution in [-0.2, 0) is 0 Å². The molecule has 0 aromatic heterocycles. The number of hydrogen-bond acceptors (Lipinski definition) is 5. The highest BCUT2D eigenvalue weighted by molar-refractivity contribution is 5.49. The maximum absolute atomic E-state index is 10.2. The normalized spacial score (nSPS) is 11.7. The number of rotatable bonds is 8. The smallest absolute Gasteiger partial charge is 0.121 e. The summed E-state index contributed by atoms with van der Waals surface area (Å²) in [4.78, 5) is 1.98. The lowest BCUT2D eigenvalue weighted by Gasteiger charge is -2.23. The van der Waals surface area contributed by atoms with Crippen molar-refractivity contribution in [3.8, 4) is 11.5 Å². The molecule has 0 aliphatic rings. The first-order valence-corrected chi connectivity index (χ1v) is 7.56. The molecule has 1 atom stereocenters. The zero-order chi connectivity index (χ0) is 16.7. The van der Waals surface area contributed by atoms with Crippen LogP contribution in [0.4, 0.5) is 11.4 Å². The fourth-order valence-corrected chi connectivity index (χ4v) is 2.24. The summed E-state index contributed by atoms with van der Waals surface area (Å²) in [5.41, 5.74) is 1.99. The maximum Gasteiger partial charge on any atom is 0.121 e. The van der Waals surface area contributed by atoms with Gasteiger partial charge in [-0.05, 0) is 36.4 Å². The molecule has 1 unspecified atom stereocenters. The summed E-state index contributed by atoms with van der Waals surface area (Å²) < 4.78 is 10.8. The fraction of sp³-hybridized carbons (Fsp3) is 0.333.